The van der Waals surface area contributed by atoms with Crippen LogP contribution in [0, 0.1) is 10.8 Å². The van der Waals surface area contributed by atoms with Gasteiger partial charge in [-0.15, -0.1) is 0 Å². The van der Waals surface area contributed by atoms with Crippen LogP contribution in [-0.4, -0.2) is 36.7 Å². The zero-order valence-corrected chi connectivity index (χ0v) is 17.3. The van der Waals surface area contributed by atoms with Gasteiger partial charge in [0.05, 0.1) is 24.3 Å². The highest BCUT2D eigenvalue weighted by atomic mass is 16.5. The summed E-state index contributed by atoms with van der Waals surface area (Å²) in [5.41, 5.74) is 0.895. The first-order valence-electron chi connectivity index (χ1n) is 9.64. The maximum absolute atomic E-state index is 11.5. The third kappa shape index (κ3) is 7.52. The maximum Gasteiger partial charge on any atom is 0.283 e. The fourth-order valence-electron chi connectivity index (χ4n) is 3.02. The fraction of sp³-hybridized carbons (Fsp3) is 0.700. The highest BCUT2D eigenvalue weighted by molar-refractivity contribution is 5.04. The van der Waals surface area contributed by atoms with E-state index in [1.807, 2.05) is 0 Å². The number of aromatic amines is 2. The molecule has 0 saturated carbocycles. The largest absolute Gasteiger partial charge is 0.387 e. The van der Waals surface area contributed by atoms with E-state index in [-0.39, 0.29) is 21.9 Å². The normalized spacial score (nSPS) is 12.6. The Bertz CT molecular complexity index is 743. The number of hydrogen-bond donors (Lipinski definition) is 2. The Balaban J connectivity index is 1.54. The van der Waals surface area contributed by atoms with Crippen molar-refractivity contribution in [1.82, 2.24) is 10.3 Å². The van der Waals surface area contributed by atoms with Crippen molar-refractivity contribution in [3.8, 4) is 0 Å². The zero-order chi connectivity index (χ0) is 20.6. The molecular weight excluding hydrogens is 364 g/mol. The summed E-state index contributed by atoms with van der Waals surface area (Å²) in [6.07, 6.45) is 5.92. The van der Waals surface area contributed by atoms with Crippen molar-refractivity contribution in [2.75, 3.05) is 26.4 Å². The van der Waals surface area contributed by atoms with Crippen LogP contribution in [0.2, 0.25) is 0 Å². The minimum Gasteiger partial charge on any atom is -0.387 e. The summed E-state index contributed by atoms with van der Waals surface area (Å²) in [6, 6.07) is 0. The second-order valence-electron chi connectivity index (χ2n) is 8.79. The molecule has 0 spiro atoms. The van der Waals surface area contributed by atoms with E-state index in [0.717, 1.165) is 12.8 Å². The fourth-order valence-corrected chi connectivity index (χ4v) is 3.02. The van der Waals surface area contributed by atoms with Gasteiger partial charge < -0.3 is 18.5 Å². The molecule has 8 nitrogen and oxygen atoms in total. The first-order chi connectivity index (χ1) is 13.2. The molecule has 2 aromatic heterocycles. The Morgan fingerprint density at radius 3 is 1.46 bits per heavy atom. The summed E-state index contributed by atoms with van der Waals surface area (Å²) in [5.74, 6) is 0. The maximum atomic E-state index is 11.5. The van der Waals surface area contributed by atoms with Crippen molar-refractivity contribution in [2.45, 2.75) is 53.4 Å². The molecule has 2 heterocycles. The van der Waals surface area contributed by atoms with Gasteiger partial charge in [0.2, 0.25) is 0 Å². The smallest absolute Gasteiger partial charge is 0.283 e. The lowest BCUT2D eigenvalue weighted by Gasteiger charge is -2.24. The molecule has 158 valence electrons. The van der Waals surface area contributed by atoms with Gasteiger partial charge in [0, 0.05) is 13.2 Å². The Kier molecular flexibility index (Phi) is 7.88. The molecule has 2 aromatic rings. The number of hydrogen-bond acceptors (Lipinski definition) is 6. The van der Waals surface area contributed by atoms with Crippen LogP contribution in [0.5, 0.6) is 0 Å². The first-order valence-corrected chi connectivity index (χ1v) is 9.64. The minimum atomic E-state index is -0.164. The average Bonchev–Trinajstić information content (AvgIpc) is 3.18. The Labute approximate surface area is 164 Å². The SMILES string of the molecule is CC(C)(CCOCCOCCC(C)(C)Cc1co[nH]c1=O)Cc1co[nH]c1=O. The van der Waals surface area contributed by atoms with Crippen LogP contribution in [-0.2, 0) is 22.3 Å². The highest BCUT2D eigenvalue weighted by Crippen LogP contribution is 2.25. The minimum absolute atomic E-state index is 0.0489. The number of ether oxygens (including phenoxy) is 2. The van der Waals surface area contributed by atoms with Crippen molar-refractivity contribution >= 4 is 0 Å². The average molecular weight is 396 g/mol. The summed E-state index contributed by atoms with van der Waals surface area (Å²) < 4.78 is 21.0. The van der Waals surface area contributed by atoms with Gasteiger partial charge in [-0.2, -0.15) is 10.3 Å². The van der Waals surface area contributed by atoms with Crippen LogP contribution < -0.4 is 11.1 Å². The molecule has 0 fully saturated rings. The van der Waals surface area contributed by atoms with Gasteiger partial charge in [-0.25, -0.2) is 0 Å². The van der Waals surface area contributed by atoms with E-state index in [2.05, 4.69) is 38.0 Å². The predicted molar refractivity (Wildman–Crippen MR) is 104 cm³/mol. The van der Waals surface area contributed by atoms with E-state index in [4.69, 9.17) is 18.5 Å². The third-order valence-electron chi connectivity index (χ3n) is 4.85. The number of aromatic nitrogens is 2. The molecule has 0 atom stereocenters. The molecule has 0 radical (unpaired) electrons. The van der Waals surface area contributed by atoms with E-state index in [1.54, 1.807) is 0 Å². The molecule has 0 amide bonds. The van der Waals surface area contributed by atoms with Crippen molar-refractivity contribution in [3.05, 3.63) is 44.4 Å². The van der Waals surface area contributed by atoms with Crippen LogP contribution >= 0.6 is 0 Å². The summed E-state index contributed by atoms with van der Waals surface area (Å²) in [4.78, 5) is 23.1. The van der Waals surface area contributed by atoms with Gasteiger partial charge in [0.15, 0.2) is 0 Å². The van der Waals surface area contributed by atoms with Crippen LogP contribution in [0.15, 0.2) is 31.2 Å². The molecule has 0 aromatic carbocycles. The van der Waals surface area contributed by atoms with Crippen molar-refractivity contribution < 1.29 is 18.5 Å². The molecule has 0 aliphatic heterocycles. The van der Waals surface area contributed by atoms with Crippen LogP contribution in [0.25, 0.3) is 0 Å². The highest BCUT2D eigenvalue weighted by Gasteiger charge is 2.22. The zero-order valence-electron chi connectivity index (χ0n) is 17.3. The molecule has 28 heavy (non-hydrogen) atoms. The second-order valence-corrected chi connectivity index (χ2v) is 8.79. The Morgan fingerprint density at radius 2 is 1.14 bits per heavy atom. The molecular formula is C20H32N2O6. The summed E-state index contributed by atoms with van der Waals surface area (Å²) in [6.45, 7) is 10.7. The number of H-pyrrole nitrogens is 2. The van der Waals surface area contributed by atoms with Gasteiger partial charge in [-0.1, -0.05) is 27.7 Å². The molecule has 0 aliphatic rings. The topological polar surface area (TPSA) is 110 Å². The molecule has 0 aliphatic carbocycles. The quantitative estimate of drug-likeness (QED) is 0.504. The predicted octanol–water partition coefficient (Wildman–Crippen LogP) is 2.90. The number of nitrogens with one attached hydrogen (secondary N) is 2. The van der Waals surface area contributed by atoms with Crippen LogP contribution in [0.4, 0.5) is 0 Å². The van der Waals surface area contributed by atoms with E-state index >= 15 is 0 Å². The van der Waals surface area contributed by atoms with E-state index < -0.39 is 0 Å². The molecule has 0 bridgehead atoms. The second kappa shape index (κ2) is 9.93. The lowest BCUT2D eigenvalue weighted by Crippen LogP contribution is -2.22. The van der Waals surface area contributed by atoms with Gasteiger partial charge in [0.1, 0.15) is 12.5 Å². The lowest BCUT2D eigenvalue weighted by molar-refractivity contribution is 0.0287. The van der Waals surface area contributed by atoms with Gasteiger partial charge >= 0.3 is 0 Å². The van der Waals surface area contributed by atoms with Crippen LogP contribution in [0.1, 0.15) is 51.7 Å². The van der Waals surface area contributed by atoms with Gasteiger partial charge in [-0.3, -0.25) is 9.59 Å². The van der Waals surface area contributed by atoms with Crippen LogP contribution in [0.3, 0.4) is 0 Å². The monoisotopic (exact) mass is 396 g/mol. The van der Waals surface area contributed by atoms with Gasteiger partial charge in [-0.05, 0) is 36.5 Å². The molecule has 0 saturated heterocycles. The molecule has 2 rings (SSSR count). The van der Waals surface area contributed by atoms with E-state index in [0.29, 0.717) is 50.4 Å². The lowest BCUT2D eigenvalue weighted by atomic mass is 9.84. The summed E-state index contributed by atoms with van der Waals surface area (Å²) >= 11 is 0. The first kappa shape index (κ1) is 22.2. The Morgan fingerprint density at radius 1 is 0.750 bits per heavy atom. The van der Waals surface area contributed by atoms with E-state index in [9.17, 15) is 9.59 Å². The molecule has 8 heteroatoms. The van der Waals surface area contributed by atoms with Crippen molar-refractivity contribution in [3.63, 3.8) is 0 Å². The van der Waals surface area contributed by atoms with Crippen molar-refractivity contribution in [1.29, 1.82) is 0 Å². The number of rotatable bonds is 13. The third-order valence-corrected chi connectivity index (χ3v) is 4.85. The summed E-state index contributed by atoms with van der Waals surface area (Å²) in [5, 5.41) is 4.62. The summed E-state index contributed by atoms with van der Waals surface area (Å²) in [7, 11) is 0. The van der Waals surface area contributed by atoms with Gasteiger partial charge in [0.25, 0.3) is 11.1 Å². The van der Waals surface area contributed by atoms with Crippen molar-refractivity contribution in [2.24, 2.45) is 10.8 Å². The molecule has 2 N–H and O–H groups in total. The van der Waals surface area contributed by atoms with E-state index in [1.165, 1.54) is 12.5 Å². The standard InChI is InChI=1S/C20H32N2O6/c1-19(2,11-15-13-27-21-17(15)23)5-7-25-9-10-26-8-6-20(3,4)12-16-14-28-22-18(16)24/h13-14H,5-12H2,1-4H3,(H,21,23)(H,22,24). The Hall–Kier alpha value is -2.06. The molecule has 0 unspecified atom stereocenters.